The molecule has 3 rings (SSSR count). The van der Waals surface area contributed by atoms with Crippen LogP contribution in [0.2, 0.25) is 0 Å². The van der Waals surface area contributed by atoms with Crippen molar-refractivity contribution in [1.82, 2.24) is 10.6 Å². The smallest absolute Gasteiger partial charge is 0.198 e. The molecule has 2 unspecified atom stereocenters. The van der Waals surface area contributed by atoms with Gasteiger partial charge in [-0.15, -0.1) is 0 Å². The first kappa shape index (κ1) is 19.8. The van der Waals surface area contributed by atoms with Gasteiger partial charge in [0.2, 0.25) is 0 Å². The lowest BCUT2D eigenvalue weighted by molar-refractivity contribution is 0.341. The molecule has 0 bridgehead atoms. The highest BCUT2D eigenvalue weighted by Gasteiger charge is 2.21. The molecule has 2 aromatic carbocycles. The molecule has 1 aliphatic heterocycles. The molecule has 3 nitrogen and oxygen atoms in total. The largest absolute Gasteiger partial charge is 0.451 e. The first-order valence-electron chi connectivity index (χ1n) is 9.84. The van der Waals surface area contributed by atoms with Gasteiger partial charge in [-0.3, -0.25) is 0 Å². The summed E-state index contributed by atoms with van der Waals surface area (Å²) in [6.07, 6.45) is 4.23. The van der Waals surface area contributed by atoms with E-state index in [0.717, 1.165) is 32.5 Å². The third-order valence-corrected chi connectivity index (χ3v) is 5.17. The number of benzene rings is 2. The zero-order valence-electron chi connectivity index (χ0n) is 15.8. The molecule has 1 saturated heterocycles. The Bertz CT molecular complexity index is 718. The van der Waals surface area contributed by atoms with Gasteiger partial charge in [-0.1, -0.05) is 31.2 Å². The summed E-state index contributed by atoms with van der Waals surface area (Å²) in [5.74, 6) is -0.576. The maximum atomic E-state index is 15.0. The van der Waals surface area contributed by atoms with Crippen LogP contribution in [-0.2, 0) is 0 Å². The van der Waals surface area contributed by atoms with Crippen molar-refractivity contribution in [2.75, 3.05) is 19.6 Å². The summed E-state index contributed by atoms with van der Waals surface area (Å²) in [6, 6.07) is 11.4. The second-order valence-electron chi connectivity index (χ2n) is 7.11. The van der Waals surface area contributed by atoms with Crippen LogP contribution in [0.5, 0.6) is 11.5 Å². The number of nitrogens with one attached hydrogen (secondary N) is 2. The van der Waals surface area contributed by atoms with E-state index in [1.165, 1.54) is 25.0 Å². The molecule has 2 aromatic rings. The van der Waals surface area contributed by atoms with Crippen LogP contribution in [0.15, 0.2) is 42.5 Å². The van der Waals surface area contributed by atoms with Gasteiger partial charge in [0.15, 0.2) is 17.4 Å². The molecule has 0 amide bonds. The van der Waals surface area contributed by atoms with Gasteiger partial charge in [0.1, 0.15) is 5.75 Å². The Morgan fingerprint density at radius 1 is 1.19 bits per heavy atom. The van der Waals surface area contributed by atoms with Gasteiger partial charge >= 0.3 is 0 Å². The maximum Gasteiger partial charge on any atom is 0.198 e. The van der Waals surface area contributed by atoms with Gasteiger partial charge in [-0.25, -0.2) is 8.78 Å². The van der Waals surface area contributed by atoms with E-state index in [0.29, 0.717) is 17.2 Å². The number of para-hydroxylation sites is 1. The zero-order chi connectivity index (χ0) is 19.1. The highest BCUT2D eigenvalue weighted by molar-refractivity contribution is 5.38. The van der Waals surface area contributed by atoms with Crippen LogP contribution in [0.25, 0.3) is 0 Å². The van der Waals surface area contributed by atoms with Gasteiger partial charge < -0.3 is 15.4 Å². The third kappa shape index (κ3) is 5.27. The summed E-state index contributed by atoms with van der Waals surface area (Å²) in [4.78, 5) is 0. The van der Waals surface area contributed by atoms with Crippen molar-refractivity contribution in [3.05, 3.63) is 59.7 Å². The van der Waals surface area contributed by atoms with Crippen LogP contribution in [0, 0.1) is 17.6 Å². The predicted octanol–water partition coefficient (Wildman–Crippen LogP) is 5.19. The Morgan fingerprint density at radius 2 is 2.00 bits per heavy atom. The normalized spacial score (nSPS) is 18.3. The average Bonchev–Trinajstić information content (AvgIpc) is 2.71. The molecule has 1 heterocycles. The molecule has 0 aromatic heterocycles. The summed E-state index contributed by atoms with van der Waals surface area (Å²) in [5, 5.41) is 6.86. The number of halogens is 2. The zero-order valence-corrected chi connectivity index (χ0v) is 15.8. The molecule has 0 saturated carbocycles. The van der Waals surface area contributed by atoms with E-state index in [1.54, 1.807) is 24.3 Å². The Labute approximate surface area is 160 Å². The van der Waals surface area contributed by atoms with Gasteiger partial charge in [0.25, 0.3) is 0 Å². The highest BCUT2D eigenvalue weighted by Crippen LogP contribution is 2.33. The van der Waals surface area contributed by atoms with Crippen LogP contribution in [0.3, 0.4) is 0 Å². The molecule has 146 valence electrons. The minimum Gasteiger partial charge on any atom is -0.451 e. The maximum absolute atomic E-state index is 15.0. The summed E-state index contributed by atoms with van der Waals surface area (Å²) in [7, 11) is 0. The monoisotopic (exact) mass is 374 g/mol. The Morgan fingerprint density at radius 3 is 2.70 bits per heavy atom. The Balaban J connectivity index is 1.68. The third-order valence-electron chi connectivity index (χ3n) is 5.17. The first-order chi connectivity index (χ1) is 13.2. The first-order valence-corrected chi connectivity index (χ1v) is 9.84. The molecule has 2 atom stereocenters. The lowest BCUT2D eigenvalue weighted by Gasteiger charge is -2.25. The van der Waals surface area contributed by atoms with Crippen molar-refractivity contribution < 1.29 is 13.5 Å². The van der Waals surface area contributed by atoms with E-state index in [1.807, 2.05) is 13.0 Å². The van der Waals surface area contributed by atoms with Crippen LogP contribution in [-0.4, -0.2) is 19.6 Å². The topological polar surface area (TPSA) is 33.3 Å². The Kier molecular flexibility index (Phi) is 7.18. The number of hydrogen-bond acceptors (Lipinski definition) is 3. The van der Waals surface area contributed by atoms with Gasteiger partial charge in [0.05, 0.1) is 0 Å². The van der Waals surface area contributed by atoms with Crippen molar-refractivity contribution in [3.63, 3.8) is 0 Å². The SMILES string of the molecule is CCC(NCCC1CCCNC1)c1ccc(F)c(Oc2ccccc2)c1F. The molecule has 0 radical (unpaired) electrons. The van der Waals surface area contributed by atoms with E-state index in [-0.39, 0.29) is 11.8 Å². The predicted molar refractivity (Wildman–Crippen MR) is 104 cm³/mol. The Hall–Kier alpha value is -1.98. The molecule has 5 heteroatoms. The minimum absolute atomic E-state index is 0.166. The number of piperidine rings is 1. The van der Waals surface area contributed by atoms with E-state index in [2.05, 4.69) is 10.6 Å². The molecule has 0 spiro atoms. The fourth-order valence-electron chi connectivity index (χ4n) is 3.62. The van der Waals surface area contributed by atoms with E-state index < -0.39 is 11.6 Å². The van der Waals surface area contributed by atoms with E-state index >= 15 is 4.39 Å². The molecular formula is C22H28F2N2O. The lowest BCUT2D eigenvalue weighted by atomic mass is 9.95. The van der Waals surface area contributed by atoms with Crippen molar-refractivity contribution in [1.29, 1.82) is 0 Å². The summed E-state index contributed by atoms with van der Waals surface area (Å²) in [6.45, 7) is 4.97. The molecule has 1 fully saturated rings. The van der Waals surface area contributed by atoms with Crippen molar-refractivity contribution in [3.8, 4) is 11.5 Å². The van der Waals surface area contributed by atoms with Gasteiger partial charge in [-0.2, -0.15) is 0 Å². The van der Waals surface area contributed by atoms with E-state index in [9.17, 15) is 4.39 Å². The van der Waals surface area contributed by atoms with Crippen molar-refractivity contribution in [2.45, 2.75) is 38.6 Å². The second-order valence-corrected chi connectivity index (χ2v) is 7.11. The number of ether oxygens (including phenoxy) is 1. The molecular weight excluding hydrogens is 346 g/mol. The van der Waals surface area contributed by atoms with Gasteiger partial charge in [-0.05, 0) is 69.4 Å². The van der Waals surface area contributed by atoms with Crippen LogP contribution in [0.1, 0.15) is 44.2 Å². The quantitative estimate of drug-likeness (QED) is 0.667. The second kappa shape index (κ2) is 9.81. The van der Waals surface area contributed by atoms with Crippen molar-refractivity contribution >= 4 is 0 Å². The van der Waals surface area contributed by atoms with Gasteiger partial charge in [0, 0.05) is 11.6 Å². The van der Waals surface area contributed by atoms with E-state index in [4.69, 9.17) is 4.74 Å². The fraction of sp³-hybridized carbons (Fsp3) is 0.455. The molecule has 27 heavy (non-hydrogen) atoms. The van der Waals surface area contributed by atoms with Crippen LogP contribution >= 0.6 is 0 Å². The molecule has 2 N–H and O–H groups in total. The summed E-state index contributed by atoms with van der Waals surface area (Å²) in [5.41, 5.74) is 0.451. The lowest BCUT2D eigenvalue weighted by Crippen LogP contribution is -2.32. The average molecular weight is 374 g/mol. The van der Waals surface area contributed by atoms with Crippen molar-refractivity contribution in [2.24, 2.45) is 5.92 Å². The fourth-order valence-corrected chi connectivity index (χ4v) is 3.62. The standard InChI is InChI=1S/C22H28F2N2O/c1-2-20(26-14-12-16-7-6-13-25-15-16)18-10-11-19(23)22(21(18)24)27-17-8-4-3-5-9-17/h3-5,8-11,16,20,25-26H,2,6-7,12-15H2,1H3. The highest BCUT2D eigenvalue weighted by atomic mass is 19.1. The van der Waals surface area contributed by atoms with Crippen LogP contribution < -0.4 is 15.4 Å². The van der Waals surface area contributed by atoms with Crippen LogP contribution in [0.4, 0.5) is 8.78 Å². The molecule has 0 aliphatic carbocycles. The number of rotatable bonds is 8. The summed E-state index contributed by atoms with van der Waals surface area (Å²) >= 11 is 0. The summed E-state index contributed by atoms with van der Waals surface area (Å²) < 4.78 is 34.7. The minimum atomic E-state index is -0.691. The number of hydrogen-bond donors (Lipinski definition) is 2. The molecule has 1 aliphatic rings.